The Bertz CT molecular complexity index is 569. The normalized spacial score (nSPS) is 14.9. The van der Waals surface area contributed by atoms with E-state index in [2.05, 4.69) is 5.32 Å². The monoisotopic (exact) mass is 376 g/mol. The van der Waals surface area contributed by atoms with Gasteiger partial charge >= 0.3 is 0 Å². The van der Waals surface area contributed by atoms with Crippen molar-refractivity contribution in [2.75, 3.05) is 33.9 Å². The second kappa shape index (κ2) is 11.7. The second-order valence-electron chi connectivity index (χ2n) is 7.04. The standard InChI is InChI=1S/C21H32N2O4/c1-26-20(27-2)16-23(21(25)18-11-7-4-8-12-18)15-19(24)22-14-13-17-9-5-3-6-10-17/h3,5-6,9-10,18,20H,4,7-8,11-16H2,1-2H3,(H,22,24). The van der Waals surface area contributed by atoms with Crippen LogP contribution in [0.3, 0.4) is 0 Å². The van der Waals surface area contributed by atoms with Gasteiger partial charge < -0.3 is 19.7 Å². The van der Waals surface area contributed by atoms with E-state index in [-0.39, 0.29) is 30.8 Å². The molecule has 0 saturated heterocycles. The number of carbonyl (C=O) groups excluding carboxylic acids is 2. The van der Waals surface area contributed by atoms with Crippen molar-refractivity contribution in [3.63, 3.8) is 0 Å². The summed E-state index contributed by atoms with van der Waals surface area (Å²) in [6.07, 6.45) is 5.36. The molecular weight excluding hydrogens is 344 g/mol. The molecule has 27 heavy (non-hydrogen) atoms. The molecule has 1 aliphatic carbocycles. The highest BCUT2D eigenvalue weighted by Crippen LogP contribution is 2.25. The van der Waals surface area contributed by atoms with E-state index in [4.69, 9.17) is 9.47 Å². The zero-order chi connectivity index (χ0) is 19.5. The highest BCUT2D eigenvalue weighted by atomic mass is 16.7. The van der Waals surface area contributed by atoms with Gasteiger partial charge in [-0.15, -0.1) is 0 Å². The number of hydrogen-bond acceptors (Lipinski definition) is 4. The Morgan fingerprint density at radius 2 is 1.78 bits per heavy atom. The second-order valence-corrected chi connectivity index (χ2v) is 7.04. The zero-order valence-corrected chi connectivity index (χ0v) is 16.5. The van der Waals surface area contributed by atoms with Gasteiger partial charge in [0.1, 0.15) is 0 Å². The summed E-state index contributed by atoms with van der Waals surface area (Å²) in [5.41, 5.74) is 1.17. The maximum absolute atomic E-state index is 12.9. The van der Waals surface area contributed by atoms with Crippen molar-refractivity contribution < 1.29 is 19.1 Å². The Morgan fingerprint density at radius 1 is 1.11 bits per heavy atom. The molecule has 6 nitrogen and oxygen atoms in total. The molecule has 0 bridgehead atoms. The minimum atomic E-state index is -0.533. The Morgan fingerprint density at radius 3 is 2.41 bits per heavy atom. The molecule has 2 rings (SSSR count). The van der Waals surface area contributed by atoms with Gasteiger partial charge in [-0.1, -0.05) is 49.6 Å². The Balaban J connectivity index is 1.88. The van der Waals surface area contributed by atoms with E-state index in [0.717, 1.165) is 32.1 Å². The van der Waals surface area contributed by atoms with Gasteiger partial charge in [-0.25, -0.2) is 0 Å². The SMILES string of the molecule is COC(CN(CC(=O)NCCc1ccccc1)C(=O)C1CCCCC1)OC. The van der Waals surface area contributed by atoms with Crippen LogP contribution in [-0.2, 0) is 25.5 Å². The van der Waals surface area contributed by atoms with Crippen molar-refractivity contribution in [2.24, 2.45) is 5.92 Å². The fraction of sp³-hybridized carbons (Fsp3) is 0.619. The van der Waals surface area contributed by atoms with Crippen LogP contribution in [0.4, 0.5) is 0 Å². The van der Waals surface area contributed by atoms with Crippen LogP contribution in [0.15, 0.2) is 30.3 Å². The first-order valence-electron chi connectivity index (χ1n) is 9.79. The van der Waals surface area contributed by atoms with E-state index in [1.165, 1.54) is 26.2 Å². The van der Waals surface area contributed by atoms with Gasteiger partial charge in [-0.3, -0.25) is 9.59 Å². The van der Waals surface area contributed by atoms with E-state index in [1.54, 1.807) is 4.90 Å². The minimum absolute atomic E-state index is 0.00484. The summed E-state index contributed by atoms with van der Waals surface area (Å²) in [5, 5.41) is 2.91. The zero-order valence-electron chi connectivity index (χ0n) is 16.5. The highest BCUT2D eigenvalue weighted by molar-refractivity contribution is 5.86. The van der Waals surface area contributed by atoms with Crippen molar-refractivity contribution in [3.8, 4) is 0 Å². The van der Waals surface area contributed by atoms with E-state index < -0.39 is 6.29 Å². The first kappa shape index (κ1) is 21.4. The average molecular weight is 376 g/mol. The third-order valence-corrected chi connectivity index (χ3v) is 5.07. The number of carbonyl (C=O) groups is 2. The topological polar surface area (TPSA) is 67.9 Å². The van der Waals surface area contributed by atoms with E-state index in [9.17, 15) is 9.59 Å². The lowest BCUT2D eigenvalue weighted by Gasteiger charge is -2.30. The van der Waals surface area contributed by atoms with Crippen LogP contribution in [0.1, 0.15) is 37.7 Å². The molecule has 0 aromatic heterocycles. The van der Waals surface area contributed by atoms with E-state index >= 15 is 0 Å². The molecule has 1 fully saturated rings. The summed E-state index contributed by atoms with van der Waals surface area (Å²) >= 11 is 0. The molecule has 1 saturated carbocycles. The summed E-state index contributed by atoms with van der Waals surface area (Å²) < 4.78 is 10.5. The molecule has 0 unspecified atom stereocenters. The number of nitrogens with zero attached hydrogens (tertiary/aromatic N) is 1. The van der Waals surface area contributed by atoms with Gasteiger partial charge in [-0.2, -0.15) is 0 Å². The molecular formula is C21H32N2O4. The van der Waals surface area contributed by atoms with Crippen LogP contribution in [0.2, 0.25) is 0 Å². The van der Waals surface area contributed by atoms with Gasteiger partial charge in [0, 0.05) is 26.7 Å². The minimum Gasteiger partial charge on any atom is -0.354 e. The first-order chi connectivity index (χ1) is 13.1. The van der Waals surface area contributed by atoms with E-state index in [0.29, 0.717) is 6.54 Å². The lowest BCUT2D eigenvalue weighted by atomic mass is 9.88. The summed E-state index contributed by atoms with van der Waals surface area (Å²) in [4.78, 5) is 26.9. The van der Waals surface area contributed by atoms with Crippen LogP contribution in [0, 0.1) is 5.92 Å². The number of benzene rings is 1. The summed E-state index contributed by atoms with van der Waals surface area (Å²) in [6, 6.07) is 10.0. The van der Waals surface area contributed by atoms with Crippen LogP contribution in [0.5, 0.6) is 0 Å². The number of hydrogen-bond donors (Lipinski definition) is 1. The number of methoxy groups -OCH3 is 2. The third kappa shape index (κ3) is 7.31. The number of ether oxygens (including phenoxy) is 2. The Kier molecular flexibility index (Phi) is 9.28. The van der Waals surface area contributed by atoms with Crippen molar-refractivity contribution in [2.45, 2.75) is 44.8 Å². The molecule has 0 heterocycles. The molecule has 0 atom stereocenters. The van der Waals surface area contributed by atoms with Gasteiger partial charge in [0.25, 0.3) is 0 Å². The molecule has 1 aromatic rings. The molecule has 150 valence electrons. The van der Waals surface area contributed by atoms with Crippen molar-refractivity contribution in [3.05, 3.63) is 35.9 Å². The summed E-state index contributed by atoms with van der Waals surface area (Å²) in [7, 11) is 3.08. The van der Waals surface area contributed by atoms with Crippen LogP contribution in [0.25, 0.3) is 0 Å². The van der Waals surface area contributed by atoms with E-state index in [1.807, 2.05) is 30.3 Å². The Hall–Kier alpha value is -1.92. The molecule has 1 aromatic carbocycles. The predicted molar refractivity (Wildman–Crippen MR) is 104 cm³/mol. The molecule has 6 heteroatoms. The first-order valence-corrected chi connectivity index (χ1v) is 9.79. The average Bonchev–Trinajstić information content (AvgIpc) is 2.72. The molecule has 2 amide bonds. The molecule has 1 N–H and O–H groups in total. The quantitative estimate of drug-likeness (QED) is 0.637. The van der Waals surface area contributed by atoms with Crippen molar-refractivity contribution >= 4 is 11.8 Å². The molecule has 0 spiro atoms. The number of rotatable bonds is 10. The predicted octanol–water partition coefficient (Wildman–Crippen LogP) is 2.37. The maximum Gasteiger partial charge on any atom is 0.239 e. The van der Waals surface area contributed by atoms with Crippen LogP contribution >= 0.6 is 0 Å². The van der Waals surface area contributed by atoms with Gasteiger partial charge in [0.15, 0.2) is 6.29 Å². The van der Waals surface area contributed by atoms with Crippen molar-refractivity contribution in [1.29, 1.82) is 0 Å². The third-order valence-electron chi connectivity index (χ3n) is 5.07. The van der Waals surface area contributed by atoms with Gasteiger partial charge in [-0.05, 0) is 24.8 Å². The number of amides is 2. The smallest absolute Gasteiger partial charge is 0.239 e. The molecule has 0 aliphatic heterocycles. The number of nitrogens with one attached hydrogen (secondary N) is 1. The largest absolute Gasteiger partial charge is 0.354 e. The van der Waals surface area contributed by atoms with Gasteiger partial charge in [0.05, 0.1) is 13.1 Å². The molecule has 1 aliphatic rings. The highest BCUT2D eigenvalue weighted by Gasteiger charge is 2.29. The lowest BCUT2D eigenvalue weighted by Crippen LogP contribution is -2.47. The van der Waals surface area contributed by atoms with Crippen LogP contribution in [-0.4, -0.2) is 56.9 Å². The van der Waals surface area contributed by atoms with Crippen LogP contribution < -0.4 is 5.32 Å². The van der Waals surface area contributed by atoms with Gasteiger partial charge in [0.2, 0.25) is 11.8 Å². The molecule has 0 radical (unpaired) electrons. The fourth-order valence-corrected chi connectivity index (χ4v) is 3.49. The maximum atomic E-state index is 12.9. The lowest BCUT2D eigenvalue weighted by molar-refractivity contribution is -0.152. The Labute approximate surface area is 162 Å². The summed E-state index contributed by atoms with van der Waals surface area (Å²) in [5.74, 6) is -0.113. The summed E-state index contributed by atoms with van der Waals surface area (Å²) in [6.45, 7) is 0.841. The van der Waals surface area contributed by atoms with Crippen molar-refractivity contribution in [1.82, 2.24) is 10.2 Å². The fourth-order valence-electron chi connectivity index (χ4n) is 3.49.